The Morgan fingerprint density at radius 2 is 1.88 bits per heavy atom. The highest BCUT2D eigenvalue weighted by Gasteiger charge is 2.07. The third-order valence-corrected chi connectivity index (χ3v) is 3.75. The van der Waals surface area contributed by atoms with Gasteiger partial charge < -0.3 is 5.32 Å². The van der Waals surface area contributed by atoms with Gasteiger partial charge in [0, 0.05) is 27.8 Å². The molecule has 1 aromatic rings. The zero-order valence-corrected chi connectivity index (χ0v) is 11.7. The molecule has 0 aliphatic heterocycles. The Hall–Kier alpha value is -0.180. The number of rotatable bonds is 6. The summed E-state index contributed by atoms with van der Waals surface area (Å²) in [4.78, 5) is 1.29. The minimum atomic E-state index is 0.552. The molecule has 0 aliphatic rings. The van der Waals surface area contributed by atoms with E-state index in [1.165, 1.54) is 11.3 Å². The highest BCUT2D eigenvalue weighted by atomic mass is 35.5. The van der Waals surface area contributed by atoms with Crippen LogP contribution >= 0.6 is 23.4 Å². The monoisotopic (exact) mass is 257 g/mol. The molecule has 16 heavy (non-hydrogen) atoms. The molecular weight excluding hydrogens is 238 g/mol. The van der Waals surface area contributed by atoms with Gasteiger partial charge in [-0.3, -0.25) is 0 Å². The fourth-order valence-corrected chi connectivity index (χ4v) is 2.66. The first-order valence-corrected chi connectivity index (χ1v) is 7.12. The molecule has 1 unspecified atom stereocenters. The third kappa shape index (κ3) is 5.24. The second-order valence-electron chi connectivity index (χ2n) is 4.19. The summed E-state index contributed by atoms with van der Waals surface area (Å²) < 4.78 is 0. The Morgan fingerprint density at radius 3 is 2.38 bits per heavy atom. The van der Waals surface area contributed by atoms with Gasteiger partial charge in [-0.15, -0.1) is 11.8 Å². The first-order chi connectivity index (χ1) is 7.61. The second kappa shape index (κ2) is 7.21. The first kappa shape index (κ1) is 13.9. The Balaban J connectivity index is 2.40. The fourth-order valence-electron chi connectivity index (χ4n) is 1.48. The summed E-state index contributed by atoms with van der Waals surface area (Å²) in [5.74, 6) is 1.11. The smallest absolute Gasteiger partial charge is 0.0406 e. The quantitative estimate of drug-likeness (QED) is 0.767. The van der Waals surface area contributed by atoms with Gasteiger partial charge in [-0.05, 0) is 30.7 Å². The Morgan fingerprint density at radius 1 is 1.25 bits per heavy atom. The first-order valence-electron chi connectivity index (χ1n) is 5.76. The lowest BCUT2D eigenvalue weighted by atomic mass is 10.2. The van der Waals surface area contributed by atoms with Crippen molar-refractivity contribution in [3.63, 3.8) is 0 Å². The van der Waals surface area contributed by atoms with Gasteiger partial charge in [0.25, 0.3) is 0 Å². The molecule has 1 N–H and O–H groups in total. The lowest BCUT2D eigenvalue weighted by molar-refractivity contribution is 0.485. The number of hydrogen-bond acceptors (Lipinski definition) is 2. The van der Waals surface area contributed by atoms with Gasteiger partial charge in [-0.1, -0.05) is 32.4 Å². The van der Waals surface area contributed by atoms with E-state index in [0.717, 1.165) is 10.8 Å². The molecule has 0 radical (unpaired) electrons. The number of thioether (sulfide) groups is 1. The molecule has 1 aromatic carbocycles. The van der Waals surface area contributed by atoms with Gasteiger partial charge in [0.1, 0.15) is 0 Å². The highest BCUT2D eigenvalue weighted by molar-refractivity contribution is 7.99. The van der Waals surface area contributed by atoms with Crippen LogP contribution in [0.2, 0.25) is 5.02 Å². The maximum absolute atomic E-state index is 5.85. The molecular formula is C13H20ClNS. The molecule has 0 aromatic heterocycles. The topological polar surface area (TPSA) is 12.0 Å². The van der Waals surface area contributed by atoms with Gasteiger partial charge in [0.05, 0.1) is 0 Å². The molecule has 3 heteroatoms. The van der Waals surface area contributed by atoms with Gasteiger partial charge in [0.2, 0.25) is 0 Å². The fraction of sp³-hybridized carbons (Fsp3) is 0.538. The standard InChI is InChI=1S/C13H20ClNS/c1-4-12(15-10(2)3)9-16-13-7-5-11(14)6-8-13/h5-8,10,12,15H,4,9H2,1-3H3. The van der Waals surface area contributed by atoms with Crippen molar-refractivity contribution in [2.24, 2.45) is 0 Å². The van der Waals surface area contributed by atoms with Crippen molar-refractivity contribution in [3.05, 3.63) is 29.3 Å². The maximum atomic E-state index is 5.85. The number of nitrogens with one attached hydrogen (secondary N) is 1. The van der Waals surface area contributed by atoms with E-state index in [2.05, 4.69) is 38.2 Å². The summed E-state index contributed by atoms with van der Waals surface area (Å²) in [7, 11) is 0. The molecule has 0 bridgehead atoms. The van der Waals surface area contributed by atoms with Gasteiger partial charge >= 0.3 is 0 Å². The van der Waals surface area contributed by atoms with E-state index in [9.17, 15) is 0 Å². The SMILES string of the molecule is CCC(CSc1ccc(Cl)cc1)NC(C)C. The van der Waals surface area contributed by atoms with Crippen molar-refractivity contribution in [1.29, 1.82) is 0 Å². The molecule has 0 amide bonds. The predicted molar refractivity (Wildman–Crippen MR) is 74.5 cm³/mol. The number of hydrogen-bond donors (Lipinski definition) is 1. The minimum Gasteiger partial charge on any atom is -0.311 e. The summed E-state index contributed by atoms with van der Waals surface area (Å²) in [6.45, 7) is 6.60. The van der Waals surface area contributed by atoms with E-state index in [4.69, 9.17) is 11.6 Å². The average Bonchev–Trinajstić information content (AvgIpc) is 2.26. The Bertz CT molecular complexity index is 297. The lowest BCUT2D eigenvalue weighted by Gasteiger charge is -2.19. The Kier molecular flexibility index (Phi) is 6.25. The summed E-state index contributed by atoms with van der Waals surface area (Å²) >= 11 is 7.73. The molecule has 1 rings (SSSR count). The van der Waals surface area contributed by atoms with Crippen LogP contribution in [0.4, 0.5) is 0 Å². The van der Waals surface area contributed by atoms with Crippen LogP contribution in [0.1, 0.15) is 27.2 Å². The third-order valence-electron chi connectivity index (χ3n) is 2.33. The van der Waals surface area contributed by atoms with Crippen LogP contribution in [0.3, 0.4) is 0 Å². The zero-order chi connectivity index (χ0) is 12.0. The molecule has 0 saturated carbocycles. The van der Waals surface area contributed by atoms with Crippen LogP contribution in [0.25, 0.3) is 0 Å². The van der Waals surface area contributed by atoms with Crippen LogP contribution in [-0.2, 0) is 0 Å². The number of benzene rings is 1. The van der Waals surface area contributed by atoms with Crippen molar-refractivity contribution >= 4 is 23.4 Å². The molecule has 0 spiro atoms. The molecule has 0 fully saturated rings. The largest absolute Gasteiger partial charge is 0.311 e. The van der Waals surface area contributed by atoms with Gasteiger partial charge in [-0.2, -0.15) is 0 Å². The van der Waals surface area contributed by atoms with Crippen molar-refractivity contribution in [1.82, 2.24) is 5.32 Å². The van der Waals surface area contributed by atoms with Crippen molar-refractivity contribution in [3.8, 4) is 0 Å². The summed E-state index contributed by atoms with van der Waals surface area (Å²) in [6, 6.07) is 9.18. The predicted octanol–water partition coefficient (Wildman–Crippen LogP) is 4.21. The van der Waals surface area contributed by atoms with Gasteiger partial charge in [0.15, 0.2) is 0 Å². The van der Waals surface area contributed by atoms with E-state index in [1.54, 1.807) is 0 Å². The van der Waals surface area contributed by atoms with Crippen LogP contribution in [0, 0.1) is 0 Å². The van der Waals surface area contributed by atoms with Gasteiger partial charge in [-0.25, -0.2) is 0 Å². The van der Waals surface area contributed by atoms with Crippen LogP contribution in [0.15, 0.2) is 29.2 Å². The van der Waals surface area contributed by atoms with Crippen molar-refractivity contribution in [2.75, 3.05) is 5.75 Å². The minimum absolute atomic E-state index is 0.552. The zero-order valence-electron chi connectivity index (χ0n) is 10.2. The molecule has 0 heterocycles. The number of halogens is 1. The van der Waals surface area contributed by atoms with E-state index < -0.39 is 0 Å². The maximum Gasteiger partial charge on any atom is 0.0406 e. The molecule has 0 saturated heterocycles. The Labute approximate surface area is 108 Å². The second-order valence-corrected chi connectivity index (χ2v) is 5.72. The summed E-state index contributed by atoms with van der Waals surface area (Å²) in [5.41, 5.74) is 0. The molecule has 90 valence electrons. The van der Waals surface area contributed by atoms with Crippen LogP contribution in [0.5, 0.6) is 0 Å². The van der Waals surface area contributed by atoms with E-state index in [-0.39, 0.29) is 0 Å². The molecule has 1 nitrogen and oxygen atoms in total. The highest BCUT2D eigenvalue weighted by Crippen LogP contribution is 2.21. The van der Waals surface area contributed by atoms with E-state index >= 15 is 0 Å². The normalized spacial score (nSPS) is 13.1. The summed E-state index contributed by atoms with van der Waals surface area (Å²) in [5, 5.41) is 4.37. The van der Waals surface area contributed by atoms with E-state index in [0.29, 0.717) is 12.1 Å². The van der Waals surface area contributed by atoms with Crippen LogP contribution < -0.4 is 5.32 Å². The van der Waals surface area contributed by atoms with Crippen molar-refractivity contribution in [2.45, 2.75) is 44.2 Å². The molecule has 0 aliphatic carbocycles. The summed E-state index contributed by atoms with van der Waals surface area (Å²) in [6.07, 6.45) is 1.17. The average molecular weight is 258 g/mol. The van der Waals surface area contributed by atoms with Crippen molar-refractivity contribution < 1.29 is 0 Å². The lowest BCUT2D eigenvalue weighted by Crippen LogP contribution is -2.35. The van der Waals surface area contributed by atoms with Crippen LogP contribution in [-0.4, -0.2) is 17.8 Å². The molecule has 1 atom stereocenters. The van der Waals surface area contributed by atoms with E-state index in [1.807, 2.05) is 23.9 Å².